The number of Topliss-reactive ketones (excluding diaryl/α,β-unsaturated/α-hetero) is 1. The Morgan fingerprint density at radius 2 is 2.31 bits per heavy atom. The number of ketones is 1. The summed E-state index contributed by atoms with van der Waals surface area (Å²) in [7, 11) is 0. The first-order chi connectivity index (χ1) is 7.68. The monoisotopic (exact) mass is 223 g/mol. The Hall–Kier alpha value is -1.42. The molecular formula is C12H14FNO2. The number of rotatable bonds is 2. The van der Waals surface area contributed by atoms with E-state index >= 15 is 0 Å². The van der Waals surface area contributed by atoms with Crippen LogP contribution in [0, 0.1) is 11.7 Å². The van der Waals surface area contributed by atoms with Crippen molar-refractivity contribution < 1.29 is 14.3 Å². The van der Waals surface area contributed by atoms with Crippen LogP contribution in [-0.4, -0.2) is 24.0 Å². The molecule has 4 heteroatoms. The zero-order chi connectivity index (χ0) is 11.5. The van der Waals surface area contributed by atoms with Gasteiger partial charge in [0.15, 0.2) is 5.78 Å². The summed E-state index contributed by atoms with van der Waals surface area (Å²) in [5, 5.41) is 12.7. The van der Waals surface area contributed by atoms with Gasteiger partial charge in [0.2, 0.25) is 0 Å². The first kappa shape index (κ1) is 11.1. The van der Waals surface area contributed by atoms with Crippen molar-refractivity contribution in [1.82, 2.24) is 5.32 Å². The van der Waals surface area contributed by atoms with Crippen molar-refractivity contribution in [2.24, 2.45) is 5.92 Å². The molecule has 1 aromatic carbocycles. The third kappa shape index (κ3) is 2.22. The Morgan fingerprint density at radius 3 is 3.00 bits per heavy atom. The average molecular weight is 223 g/mol. The van der Waals surface area contributed by atoms with E-state index in [0.717, 1.165) is 31.5 Å². The molecule has 0 spiro atoms. The SMILES string of the molecule is O=C(c1cc(F)ccc1O)C1CCCNC1. The lowest BCUT2D eigenvalue weighted by Gasteiger charge is -2.21. The maximum Gasteiger partial charge on any atom is 0.171 e. The third-order valence-electron chi connectivity index (χ3n) is 2.89. The molecule has 1 fully saturated rings. The number of phenols is 1. The topological polar surface area (TPSA) is 49.3 Å². The highest BCUT2D eigenvalue weighted by atomic mass is 19.1. The van der Waals surface area contributed by atoms with Crippen LogP contribution in [0.2, 0.25) is 0 Å². The number of piperidine rings is 1. The van der Waals surface area contributed by atoms with Crippen LogP contribution in [0.1, 0.15) is 23.2 Å². The fourth-order valence-electron chi connectivity index (χ4n) is 2.00. The minimum Gasteiger partial charge on any atom is -0.507 e. The number of nitrogens with one attached hydrogen (secondary N) is 1. The second-order valence-electron chi connectivity index (χ2n) is 4.07. The molecule has 1 aliphatic rings. The van der Waals surface area contributed by atoms with E-state index in [2.05, 4.69) is 5.32 Å². The molecule has 1 atom stereocenters. The molecule has 0 aromatic heterocycles. The maximum absolute atomic E-state index is 13.0. The van der Waals surface area contributed by atoms with Crippen LogP contribution in [0.3, 0.4) is 0 Å². The zero-order valence-electron chi connectivity index (χ0n) is 8.87. The summed E-state index contributed by atoms with van der Waals surface area (Å²) in [6.07, 6.45) is 1.73. The number of hydrogen-bond acceptors (Lipinski definition) is 3. The van der Waals surface area contributed by atoms with Crippen molar-refractivity contribution in [1.29, 1.82) is 0 Å². The summed E-state index contributed by atoms with van der Waals surface area (Å²) in [5.41, 5.74) is 0.0914. The molecule has 0 radical (unpaired) electrons. The van der Waals surface area contributed by atoms with Crippen molar-refractivity contribution in [2.45, 2.75) is 12.8 Å². The van der Waals surface area contributed by atoms with E-state index in [-0.39, 0.29) is 23.0 Å². The van der Waals surface area contributed by atoms with Crippen LogP contribution in [0.5, 0.6) is 5.75 Å². The lowest BCUT2D eigenvalue weighted by molar-refractivity contribution is 0.0896. The van der Waals surface area contributed by atoms with Gasteiger partial charge in [-0.25, -0.2) is 4.39 Å². The Morgan fingerprint density at radius 1 is 1.50 bits per heavy atom. The third-order valence-corrected chi connectivity index (χ3v) is 2.89. The smallest absolute Gasteiger partial charge is 0.171 e. The lowest BCUT2D eigenvalue weighted by atomic mass is 9.90. The molecular weight excluding hydrogens is 209 g/mol. The first-order valence-electron chi connectivity index (χ1n) is 5.42. The van der Waals surface area contributed by atoms with Gasteiger partial charge in [-0.05, 0) is 37.6 Å². The minimum absolute atomic E-state index is 0.0914. The van der Waals surface area contributed by atoms with Crippen molar-refractivity contribution in [2.75, 3.05) is 13.1 Å². The number of carbonyl (C=O) groups is 1. The van der Waals surface area contributed by atoms with E-state index in [9.17, 15) is 14.3 Å². The number of carbonyl (C=O) groups excluding carboxylic acids is 1. The molecule has 86 valence electrons. The molecule has 0 amide bonds. The molecule has 16 heavy (non-hydrogen) atoms. The van der Waals surface area contributed by atoms with Crippen LogP contribution in [0.25, 0.3) is 0 Å². The van der Waals surface area contributed by atoms with Crippen molar-refractivity contribution >= 4 is 5.78 Å². The molecule has 2 rings (SSSR count). The highest BCUT2D eigenvalue weighted by Gasteiger charge is 2.24. The molecule has 0 aliphatic carbocycles. The summed E-state index contributed by atoms with van der Waals surface area (Å²) < 4.78 is 13.0. The summed E-state index contributed by atoms with van der Waals surface area (Å²) in [4.78, 5) is 12.0. The van der Waals surface area contributed by atoms with Crippen LogP contribution >= 0.6 is 0 Å². The Bertz CT molecular complexity index is 400. The van der Waals surface area contributed by atoms with Crippen LogP contribution in [-0.2, 0) is 0 Å². The molecule has 2 N–H and O–H groups in total. The van der Waals surface area contributed by atoms with Crippen LogP contribution in [0.15, 0.2) is 18.2 Å². The fourth-order valence-corrected chi connectivity index (χ4v) is 2.00. The van der Waals surface area contributed by atoms with Gasteiger partial charge < -0.3 is 10.4 Å². The maximum atomic E-state index is 13.0. The Kier molecular flexibility index (Phi) is 3.19. The molecule has 1 aromatic rings. The first-order valence-corrected chi connectivity index (χ1v) is 5.42. The predicted molar refractivity (Wildman–Crippen MR) is 58.0 cm³/mol. The quantitative estimate of drug-likeness (QED) is 0.750. The summed E-state index contributed by atoms with van der Waals surface area (Å²) in [5.74, 6) is -0.965. The second kappa shape index (κ2) is 4.61. The van der Waals surface area contributed by atoms with Gasteiger partial charge in [-0.2, -0.15) is 0 Å². The molecule has 1 aliphatic heterocycles. The van der Waals surface area contributed by atoms with Crippen LogP contribution in [0.4, 0.5) is 4.39 Å². The molecule has 1 unspecified atom stereocenters. The van der Waals surface area contributed by atoms with E-state index in [1.165, 1.54) is 6.07 Å². The zero-order valence-corrected chi connectivity index (χ0v) is 8.87. The summed E-state index contributed by atoms with van der Waals surface area (Å²) in [6, 6.07) is 3.47. The fraction of sp³-hybridized carbons (Fsp3) is 0.417. The summed E-state index contributed by atoms with van der Waals surface area (Å²) >= 11 is 0. The van der Waals surface area contributed by atoms with Gasteiger partial charge in [-0.3, -0.25) is 4.79 Å². The molecule has 0 saturated carbocycles. The van der Waals surface area contributed by atoms with Gasteiger partial charge in [0.1, 0.15) is 11.6 Å². The average Bonchev–Trinajstić information content (AvgIpc) is 2.32. The van der Waals surface area contributed by atoms with E-state index in [4.69, 9.17) is 0 Å². The number of aromatic hydroxyl groups is 1. The highest BCUT2D eigenvalue weighted by Crippen LogP contribution is 2.24. The number of halogens is 1. The minimum atomic E-state index is -0.495. The van der Waals surface area contributed by atoms with E-state index in [1.54, 1.807) is 0 Å². The van der Waals surface area contributed by atoms with Crippen LogP contribution < -0.4 is 5.32 Å². The Balaban J connectivity index is 2.22. The van der Waals surface area contributed by atoms with Gasteiger partial charge in [-0.15, -0.1) is 0 Å². The van der Waals surface area contributed by atoms with E-state index in [0.29, 0.717) is 6.54 Å². The lowest BCUT2D eigenvalue weighted by Crippen LogP contribution is -2.34. The van der Waals surface area contributed by atoms with Gasteiger partial charge in [0, 0.05) is 12.5 Å². The van der Waals surface area contributed by atoms with Crippen molar-refractivity contribution in [3.05, 3.63) is 29.6 Å². The van der Waals surface area contributed by atoms with E-state index < -0.39 is 5.82 Å². The molecule has 1 saturated heterocycles. The van der Waals surface area contributed by atoms with Gasteiger partial charge in [0.05, 0.1) is 5.56 Å². The number of hydrogen-bond donors (Lipinski definition) is 2. The number of phenolic OH excluding ortho intramolecular Hbond substituents is 1. The normalized spacial score (nSPS) is 20.7. The summed E-state index contributed by atoms with van der Waals surface area (Å²) in [6.45, 7) is 1.52. The predicted octanol–water partition coefficient (Wildman–Crippen LogP) is 1.71. The highest BCUT2D eigenvalue weighted by molar-refractivity contribution is 6.00. The van der Waals surface area contributed by atoms with Crippen molar-refractivity contribution in [3.63, 3.8) is 0 Å². The Labute approximate surface area is 93.3 Å². The second-order valence-corrected chi connectivity index (χ2v) is 4.07. The molecule has 3 nitrogen and oxygen atoms in total. The van der Waals surface area contributed by atoms with Gasteiger partial charge in [-0.1, -0.05) is 0 Å². The van der Waals surface area contributed by atoms with Gasteiger partial charge in [0.25, 0.3) is 0 Å². The largest absolute Gasteiger partial charge is 0.507 e. The van der Waals surface area contributed by atoms with E-state index in [1.807, 2.05) is 0 Å². The molecule has 1 heterocycles. The van der Waals surface area contributed by atoms with Gasteiger partial charge >= 0.3 is 0 Å². The van der Waals surface area contributed by atoms with Crippen molar-refractivity contribution in [3.8, 4) is 5.75 Å². The standard InChI is InChI=1S/C12H14FNO2/c13-9-3-4-11(15)10(6-9)12(16)8-2-1-5-14-7-8/h3-4,6,8,14-15H,1-2,5,7H2. The molecule has 0 bridgehead atoms. The number of benzene rings is 1.